The first-order valence-corrected chi connectivity index (χ1v) is 5.98. The van der Waals surface area contributed by atoms with Crippen LogP contribution in [0, 0.1) is 13.8 Å². The van der Waals surface area contributed by atoms with Gasteiger partial charge in [0.2, 0.25) is 17.8 Å². The molecule has 0 bridgehead atoms. The molecule has 1 aromatic carbocycles. The molecule has 3 rings (SSSR count). The average Bonchev–Trinajstić information content (AvgIpc) is 2.76. The summed E-state index contributed by atoms with van der Waals surface area (Å²) in [7, 11) is 0. The van der Waals surface area contributed by atoms with E-state index in [0.717, 1.165) is 16.6 Å². The second-order valence-electron chi connectivity index (χ2n) is 4.49. The number of benzene rings is 1. The van der Waals surface area contributed by atoms with Crippen molar-refractivity contribution < 1.29 is 4.79 Å². The number of aliphatic imine (C=N–C) groups is 1. The van der Waals surface area contributed by atoms with Crippen LogP contribution >= 0.6 is 0 Å². The van der Waals surface area contributed by atoms with Crippen LogP contribution in [0.2, 0.25) is 0 Å². The zero-order chi connectivity index (χ0) is 13.4. The summed E-state index contributed by atoms with van der Waals surface area (Å²) in [5, 5.41) is 6.54. The minimum Gasteiger partial charge on any atom is -0.295 e. The van der Waals surface area contributed by atoms with E-state index in [1.54, 1.807) is 0 Å². The van der Waals surface area contributed by atoms with E-state index in [2.05, 4.69) is 31.7 Å². The average molecular weight is 255 g/mol. The number of guanidine groups is 1. The Morgan fingerprint density at radius 1 is 1.26 bits per heavy atom. The van der Waals surface area contributed by atoms with Crippen molar-refractivity contribution in [1.82, 2.24) is 15.3 Å². The summed E-state index contributed by atoms with van der Waals surface area (Å²) in [6, 6.07) is 6.02. The first-order valence-electron chi connectivity index (χ1n) is 5.98. The van der Waals surface area contributed by atoms with Crippen LogP contribution in [0.5, 0.6) is 0 Å². The zero-order valence-electron chi connectivity index (χ0n) is 10.7. The molecule has 0 fully saturated rings. The van der Waals surface area contributed by atoms with Gasteiger partial charge in [0.15, 0.2) is 0 Å². The van der Waals surface area contributed by atoms with Crippen LogP contribution in [0.15, 0.2) is 23.2 Å². The van der Waals surface area contributed by atoms with Crippen molar-refractivity contribution in [3.8, 4) is 0 Å². The summed E-state index contributed by atoms with van der Waals surface area (Å²) in [6.45, 7) is 4.12. The minimum atomic E-state index is -0.129. The second-order valence-corrected chi connectivity index (χ2v) is 4.49. The third-order valence-corrected chi connectivity index (χ3v) is 2.91. The van der Waals surface area contributed by atoms with Gasteiger partial charge in [0.05, 0.1) is 11.2 Å². The lowest BCUT2D eigenvalue weighted by molar-refractivity contribution is -0.117. The van der Waals surface area contributed by atoms with E-state index in [-0.39, 0.29) is 12.5 Å². The molecule has 19 heavy (non-hydrogen) atoms. The van der Waals surface area contributed by atoms with Crippen molar-refractivity contribution in [2.45, 2.75) is 13.8 Å². The molecule has 1 aromatic heterocycles. The van der Waals surface area contributed by atoms with Gasteiger partial charge in [0.1, 0.15) is 6.54 Å². The molecule has 0 atom stereocenters. The predicted molar refractivity (Wildman–Crippen MR) is 73.1 cm³/mol. The maximum atomic E-state index is 11.1. The topological polar surface area (TPSA) is 79.3 Å². The maximum Gasteiger partial charge on any atom is 0.248 e. The van der Waals surface area contributed by atoms with E-state index in [1.165, 1.54) is 5.56 Å². The van der Waals surface area contributed by atoms with E-state index in [4.69, 9.17) is 0 Å². The minimum absolute atomic E-state index is 0.129. The van der Waals surface area contributed by atoms with E-state index < -0.39 is 0 Å². The van der Waals surface area contributed by atoms with Crippen LogP contribution in [-0.2, 0) is 4.79 Å². The third kappa shape index (κ3) is 2.24. The SMILES string of the molecule is Cc1ccc2nc(NC3=NCC(=O)N3)nc(C)c2c1. The normalized spacial score (nSPS) is 14.4. The maximum absolute atomic E-state index is 11.1. The molecular formula is C13H13N5O. The number of carbonyl (C=O) groups is 1. The lowest BCUT2D eigenvalue weighted by atomic mass is 10.1. The fourth-order valence-electron chi connectivity index (χ4n) is 1.99. The van der Waals surface area contributed by atoms with Crippen LogP contribution in [0.25, 0.3) is 10.9 Å². The number of nitrogens with zero attached hydrogens (tertiary/aromatic N) is 3. The fraction of sp³-hybridized carbons (Fsp3) is 0.231. The summed E-state index contributed by atoms with van der Waals surface area (Å²) < 4.78 is 0. The fourth-order valence-corrected chi connectivity index (χ4v) is 1.99. The summed E-state index contributed by atoms with van der Waals surface area (Å²) in [4.78, 5) is 23.8. The molecule has 0 aliphatic carbocycles. The van der Waals surface area contributed by atoms with E-state index in [9.17, 15) is 4.79 Å². The van der Waals surface area contributed by atoms with Crippen LogP contribution in [0.4, 0.5) is 5.95 Å². The summed E-state index contributed by atoms with van der Waals surface area (Å²) >= 11 is 0. The highest BCUT2D eigenvalue weighted by atomic mass is 16.2. The largest absolute Gasteiger partial charge is 0.295 e. The molecule has 1 aliphatic heterocycles. The molecule has 6 heteroatoms. The van der Waals surface area contributed by atoms with Gasteiger partial charge >= 0.3 is 0 Å². The number of nitrogens with one attached hydrogen (secondary N) is 2. The van der Waals surface area contributed by atoms with Gasteiger partial charge in [-0.25, -0.2) is 15.0 Å². The summed E-state index contributed by atoms with van der Waals surface area (Å²) in [5.41, 5.74) is 2.93. The number of hydrogen-bond donors (Lipinski definition) is 2. The number of fused-ring (bicyclic) bond motifs is 1. The van der Waals surface area contributed by atoms with Gasteiger partial charge < -0.3 is 0 Å². The lowest BCUT2D eigenvalue weighted by Gasteiger charge is -2.08. The molecule has 0 unspecified atom stereocenters. The van der Waals surface area contributed by atoms with Gasteiger partial charge in [0, 0.05) is 5.39 Å². The number of aryl methyl sites for hydroxylation is 2. The number of anilines is 1. The molecule has 2 heterocycles. The van der Waals surface area contributed by atoms with Gasteiger partial charge in [-0.1, -0.05) is 11.6 Å². The Balaban J connectivity index is 1.97. The third-order valence-electron chi connectivity index (χ3n) is 2.91. The van der Waals surface area contributed by atoms with Crippen LogP contribution in [-0.4, -0.2) is 28.4 Å². The molecule has 0 radical (unpaired) electrons. The van der Waals surface area contributed by atoms with Crippen LogP contribution in [0.3, 0.4) is 0 Å². The molecule has 96 valence electrons. The molecule has 2 aromatic rings. The van der Waals surface area contributed by atoms with E-state index in [0.29, 0.717) is 11.9 Å². The second kappa shape index (κ2) is 4.31. The molecule has 1 aliphatic rings. The molecule has 0 saturated heterocycles. The first kappa shape index (κ1) is 11.6. The first-order chi connectivity index (χ1) is 9.11. The molecule has 0 spiro atoms. The van der Waals surface area contributed by atoms with Gasteiger partial charge in [0.25, 0.3) is 0 Å². The van der Waals surface area contributed by atoms with Crippen LogP contribution in [0.1, 0.15) is 11.3 Å². The molecule has 2 N–H and O–H groups in total. The van der Waals surface area contributed by atoms with Crippen molar-refractivity contribution in [3.63, 3.8) is 0 Å². The standard InChI is InChI=1S/C13H13N5O/c1-7-3-4-10-9(5-7)8(2)15-13(16-10)18-12-14-6-11(19)17-12/h3-5H,6H2,1-2H3,(H2,14,15,16,17,18,19). The monoisotopic (exact) mass is 255 g/mol. The van der Waals surface area contributed by atoms with Crippen molar-refractivity contribution in [1.29, 1.82) is 0 Å². The van der Waals surface area contributed by atoms with Gasteiger partial charge in [-0.15, -0.1) is 0 Å². The smallest absolute Gasteiger partial charge is 0.248 e. The Kier molecular flexibility index (Phi) is 2.63. The Labute approximate surface area is 110 Å². The molecule has 0 saturated carbocycles. The highest BCUT2D eigenvalue weighted by molar-refractivity contribution is 6.08. The summed E-state index contributed by atoms with van der Waals surface area (Å²) in [6.07, 6.45) is 0. The van der Waals surface area contributed by atoms with E-state index >= 15 is 0 Å². The van der Waals surface area contributed by atoms with Crippen molar-refractivity contribution >= 4 is 28.7 Å². The Bertz CT molecular complexity index is 707. The van der Waals surface area contributed by atoms with Gasteiger partial charge in [-0.05, 0) is 26.0 Å². The van der Waals surface area contributed by atoms with Crippen molar-refractivity contribution in [2.24, 2.45) is 4.99 Å². The Morgan fingerprint density at radius 3 is 2.84 bits per heavy atom. The number of carbonyl (C=O) groups excluding carboxylic acids is 1. The number of aromatic nitrogens is 2. The predicted octanol–water partition coefficient (Wildman–Crippen LogP) is 1.14. The highest BCUT2D eigenvalue weighted by Crippen LogP contribution is 2.18. The molecule has 6 nitrogen and oxygen atoms in total. The highest BCUT2D eigenvalue weighted by Gasteiger charge is 2.14. The molecule has 1 amide bonds. The van der Waals surface area contributed by atoms with Gasteiger partial charge in [-0.2, -0.15) is 0 Å². The Hall–Kier alpha value is -2.50. The van der Waals surface area contributed by atoms with Crippen molar-refractivity contribution in [2.75, 3.05) is 11.9 Å². The molecular weight excluding hydrogens is 242 g/mol. The summed E-state index contributed by atoms with van der Waals surface area (Å²) in [5.74, 6) is 0.710. The van der Waals surface area contributed by atoms with Crippen LogP contribution < -0.4 is 10.6 Å². The van der Waals surface area contributed by atoms with E-state index in [1.807, 2.05) is 26.0 Å². The number of amides is 1. The van der Waals surface area contributed by atoms with Crippen molar-refractivity contribution in [3.05, 3.63) is 29.5 Å². The number of rotatable bonds is 1. The Morgan fingerprint density at radius 2 is 2.11 bits per heavy atom. The quantitative estimate of drug-likeness (QED) is 0.801. The number of hydrogen-bond acceptors (Lipinski definition) is 5. The zero-order valence-corrected chi connectivity index (χ0v) is 10.7. The lowest BCUT2D eigenvalue weighted by Crippen LogP contribution is -2.31. The van der Waals surface area contributed by atoms with Gasteiger partial charge in [-0.3, -0.25) is 15.4 Å².